The molecule has 2 aliphatic rings. The second-order valence-electron chi connectivity index (χ2n) is 8.74. The Bertz CT molecular complexity index is 1230. The minimum Gasteiger partial charge on any atom is -0.450 e. The molecule has 8 heteroatoms. The Morgan fingerprint density at radius 3 is 2.59 bits per heavy atom. The van der Waals surface area contributed by atoms with Gasteiger partial charge in [-0.3, -0.25) is 9.59 Å². The van der Waals surface area contributed by atoms with Crippen LogP contribution in [0.15, 0.2) is 54.7 Å². The maximum absolute atomic E-state index is 13.3. The third kappa shape index (κ3) is 4.00. The van der Waals surface area contributed by atoms with Gasteiger partial charge in [0.1, 0.15) is 6.54 Å². The van der Waals surface area contributed by atoms with Crippen molar-refractivity contribution >= 4 is 28.8 Å². The Morgan fingerprint density at radius 1 is 1.06 bits per heavy atom. The smallest absolute Gasteiger partial charge is 0.409 e. The number of H-pyrrole nitrogens is 1. The molecule has 2 N–H and O–H groups in total. The van der Waals surface area contributed by atoms with Crippen LogP contribution in [0.3, 0.4) is 0 Å². The van der Waals surface area contributed by atoms with E-state index in [9.17, 15) is 14.4 Å². The van der Waals surface area contributed by atoms with E-state index >= 15 is 0 Å². The molecule has 0 unspecified atom stereocenters. The Balaban J connectivity index is 1.32. The summed E-state index contributed by atoms with van der Waals surface area (Å²) in [6, 6.07) is 15.2. The number of piperidine rings is 1. The average molecular weight is 461 g/mol. The first-order chi connectivity index (χ1) is 16.6. The fourth-order valence-electron chi connectivity index (χ4n) is 5.04. The third-order valence-electron chi connectivity index (χ3n) is 6.67. The van der Waals surface area contributed by atoms with Gasteiger partial charge in [-0.25, -0.2) is 4.79 Å². The van der Waals surface area contributed by atoms with Crippen LogP contribution in [0.25, 0.3) is 10.9 Å². The molecule has 34 heavy (non-hydrogen) atoms. The molecule has 8 nitrogen and oxygen atoms in total. The highest BCUT2D eigenvalue weighted by Gasteiger charge is 2.39. The zero-order valence-electron chi connectivity index (χ0n) is 19.1. The van der Waals surface area contributed by atoms with Crippen molar-refractivity contribution in [3.8, 4) is 0 Å². The molecular weight excluding hydrogens is 432 g/mol. The number of aromatic nitrogens is 1. The average Bonchev–Trinajstić information content (AvgIpc) is 3.39. The molecule has 2 aliphatic heterocycles. The predicted molar refractivity (Wildman–Crippen MR) is 127 cm³/mol. The van der Waals surface area contributed by atoms with Gasteiger partial charge in [0.05, 0.1) is 12.6 Å². The summed E-state index contributed by atoms with van der Waals surface area (Å²) in [5.74, 6) is -0.334. The first-order valence-electron chi connectivity index (χ1n) is 11.7. The minimum absolute atomic E-state index is 0.0320. The zero-order valence-corrected chi connectivity index (χ0v) is 19.1. The molecule has 0 saturated carbocycles. The number of ether oxygens (including phenoxy) is 1. The lowest BCUT2D eigenvalue weighted by Gasteiger charge is -2.32. The maximum Gasteiger partial charge on any atom is 0.409 e. The molecule has 3 aromatic rings. The zero-order chi connectivity index (χ0) is 23.7. The van der Waals surface area contributed by atoms with E-state index in [0.717, 1.165) is 22.0 Å². The van der Waals surface area contributed by atoms with Crippen molar-refractivity contribution in [3.63, 3.8) is 0 Å². The number of para-hydroxylation sites is 1. The van der Waals surface area contributed by atoms with E-state index in [1.807, 2.05) is 54.7 Å². The minimum atomic E-state index is -0.337. The molecule has 1 saturated heterocycles. The number of nitrogens with one attached hydrogen (secondary N) is 2. The van der Waals surface area contributed by atoms with Gasteiger partial charge < -0.3 is 24.8 Å². The highest BCUT2D eigenvalue weighted by atomic mass is 16.6. The number of hydrogen-bond acceptors (Lipinski definition) is 4. The normalized spacial score (nSPS) is 18.3. The van der Waals surface area contributed by atoms with Gasteiger partial charge in [0.15, 0.2) is 0 Å². The summed E-state index contributed by atoms with van der Waals surface area (Å²) in [5, 5.41) is 4.10. The lowest BCUT2D eigenvalue weighted by atomic mass is 9.97. The maximum atomic E-state index is 13.3. The fraction of sp³-hybridized carbons (Fsp3) is 0.346. The summed E-state index contributed by atoms with van der Waals surface area (Å²) < 4.78 is 5.06. The number of nitrogens with zero attached hydrogens (tertiary/aromatic N) is 2. The van der Waals surface area contributed by atoms with Crippen LogP contribution >= 0.6 is 0 Å². The number of likely N-dealkylation sites (tertiary alicyclic amines) is 1. The molecule has 0 radical (unpaired) electrons. The molecule has 0 bridgehead atoms. The third-order valence-corrected chi connectivity index (χ3v) is 6.67. The molecule has 3 heterocycles. The number of amides is 3. The quantitative estimate of drug-likeness (QED) is 0.610. The molecule has 2 aromatic carbocycles. The number of carbonyl (C=O) groups excluding carboxylic acids is 3. The number of benzene rings is 2. The van der Waals surface area contributed by atoms with Gasteiger partial charge >= 0.3 is 6.09 Å². The lowest BCUT2D eigenvalue weighted by molar-refractivity contribution is -0.123. The van der Waals surface area contributed by atoms with Crippen molar-refractivity contribution in [2.45, 2.75) is 31.8 Å². The lowest BCUT2D eigenvalue weighted by Crippen LogP contribution is -2.49. The van der Waals surface area contributed by atoms with Crippen LogP contribution in [0.4, 0.5) is 4.79 Å². The number of fused-ring (bicyclic) bond motifs is 2. The number of rotatable bonds is 5. The van der Waals surface area contributed by atoms with E-state index in [-0.39, 0.29) is 36.5 Å². The van der Waals surface area contributed by atoms with Gasteiger partial charge in [-0.15, -0.1) is 0 Å². The summed E-state index contributed by atoms with van der Waals surface area (Å²) in [6.45, 7) is 3.17. The van der Waals surface area contributed by atoms with E-state index in [2.05, 4.69) is 10.3 Å². The molecule has 1 atom stereocenters. The molecule has 0 aliphatic carbocycles. The van der Waals surface area contributed by atoms with Crippen molar-refractivity contribution in [2.24, 2.45) is 0 Å². The van der Waals surface area contributed by atoms with Gasteiger partial charge in [0.25, 0.3) is 5.91 Å². The first kappa shape index (κ1) is 22.0. The standard InChI is InChI=1S/C26H28N4O4/c1-2-34-26(33)29-13-11-17(12-14-29)28-23(31)16-30-24(19-8-3-4-9-20(19)25(30)32)21-15-27-22-10-6-5-7-18(21)22/h3-10,15,17,24,27H,2,11-14,16H2,1H3,(H,28,31)/t24-/m1/s1. The molecule has 1 aromatic heterocycles. The monoisotopic (exact) mass is 460 g/mol. The molecule has 0 spiro atoms. The van der Waals surface area contributed by atoms with Crippen molar-refractivity contribution in [2.75, 3.05) is 26.2 Å². The molecule has 5 rings (SSSR count). The van der Waals surface area contributed by atoms with Gasteiger partial charge in [0, 0.05) is 47.4 Å². The largest absolute Gasteiger partial charge is 0.450 e. The van der Waals surface area contributed by atoms with Crippen LogP contribution in [-0.2, 0) is 9.53 Å². The first-order valence-corrected chi connectivity index (χ1v) is 11.7. The van der Waals surface area contributed by atoms with Crippen LogP contribution in [0.2, 0.25) is 0 Å². The Kier molecular flexibility index (Phi) is 5.96. The number of hydrogen-bond donors (Lipinski definition) is 2. The molecule has 1 fully saturated rings. The van der Waals surface area contributed by atoms with Gasteiger partial charge in [-0.1, -0.05) is 36.4 Å². The van der Waals surface area contributed by atoms with E-state index in [4.69, 9.17) is 4.74 Å². The fourth-order valence-corrected chi connectivity index (χ4v) is 5.04. The van der Waals surface area contributed by atoms with Gasteiger partial charge in [-0.05, 0) is 37.5 Å². The van der Waals surface area contributed by atoms with Crippen LogP contribution in [0, 0.1) is 0 Å². The van der Waals surface area contributed by atoms with Crippen molar-refractivity contribution in [3.05, 3.63) is 71.4 Å². The number of aromatic amines is 1. The predicted octanol–water partition coefficient (Wildman–Crippen LogP) is 3.45. The summed E-state index contributed by atoms with van der Waals surface area (Å²) >= 11 is 0. The summed E-state index contributed by atoms with van der Waals surface area (Å²) in [5.41, 5.74) is 3.51. The molecule has 176 valence electrons. The van der Waals surface area contributed by atoms with Gasteiger partial charge in [0.2, 0.25) is 5.91 Å². The van der Waals surface area contributed by atoms with E-state index < -0.39 is 0 Å². The SMILES string of the molecule is CCOC(=O)N1CCC(NC(=O)CN2C(=O)c3ccccc3[C@@H]2c2c[nH]c3ccccc23)CC1. The van der Waals surface area contributed by atoms with Crippen LogP contribution in [0.1, 0.15) is 47.3 Å². The van der Waals surface area contributed by atoms with Crippen molar-refractivity contribution in [1.82, 2.24) is 20.1 Å². The highest BCUT2D eigenvalue weighted by Crippen LogP contribution is 2.40. The highest BCUT2D eigenvalue weighted by molar-refractivity contribution is 6.02. The molecular formula is C26H28N4O4. The summed E-state index contributed by atoms with van der Waals surface area (Å²) in [7, 11) is 0. The second kappa shape index (κ2) is 9.21. The Morgan fingerprint density at radius 2 is 1.79 bits per heavy atom. The Hall–Kier alpha value is -3.81. The van der Waals surface area contributed by atoms with Crippen molar-refractivity contribution in [1.29, 1.82) is 0 Å². The van der Waals surface area contributed by atoms with Crippen molar-refractivity contribution < 1.29 is 19.1 Å². The Labute approximate surface area is 197 Å². The van der Waals surface area contributed by atoms with E-state index in [1.165, 1.54) is 0 Å². The van der Waals surface area contributed by atoms with Gasteiger partial charge in [-0.2, -0.15) is 0 Å². The number of carbonyl (C=O) groups is 3. The van der Waals surface area contributed by atoms with Crippen LogP contribution in [0.5, 0.6) is 0 Å². The molecule has 3 amide bonds. The van der Waals surface area contributed by atoms with E-state index in [0.29, 0.717) is 38.1 Å². The van der Waals surface area contributed by atoms with E-state index in [1.54, 1.807) is 16.7 Å². The van der Waals surface area contributed by atoms with Crippen LogP contribution < -0.4 is 5.32 Å². The summed E-state index contributed by atoms with van der Waals surface area (Å²) in [4.78, 5) is 44.9. The topological polar surface area (TPSA) is 94.7 Å². The van der Waals surface area contributed by atoms with Crippen LogP contribution in [-0.4, -0.2) is 65.0 Å². The summed E-state index contributed by atoms with van der Waals surface area (Å²) in [6.07, 6.45) is 2.94. The second-order valence-corrected chi connectivity index (χ2v) is 8.74.